The van der Waals surface area contributed by atoms with E-state index in [2.05, 4.69) is 10.3 Å². The predicted octanol–water partition coefficient (Wildman–Crippen LogP) is 1.91. The molecule has 0 amide bonds. The molecule has 2 heterocycles. The maximum Gasteiger partial charge on any atom is 0.150 e. The highest BCUT2D eigenvalue weighted by molar-refractivity contribution is 5.98. The minimum Gasteiger partial charge on any atom is -0.398 e. The third kappa shape index (κ3) is 2.77. The average Bonchev–Trinajstić information content (AvgIpc) is 2.48. The molecule has 1 saturated heterocycles. The van der Waals surface area contributed by atoms with E-state index in [1.807, 2.05) is 0 Å². The van der Waals surface area contributed by atoms with Crippen molar-refractivity contribution in [3.8, 4) is 0 Å². The number of pyridine rings is 1. The molecule has 112 valence electrons. The number of aromatic nitrogens is 1. The van der Waals surface area contributed by atoms with Crippen LogP contribution in [-0.2, 0) is 4.74 Å². The van der Waals surface area contributed by atoms with Gasteiger partial charge in [0, 0.05) is 49.9 Å². The maximum absolute atomic E-state index is 14.2. The lowest BCUT2D eigenvalue weighted by Gasteiger charge is -2.32. The number of anilines is 2. The first-order chi connectivity index (χ1) is 10.1. The van der Waals surface area contributed by atoms with E-state index >= 15 is 0 Å². The van der Waals surface area contributed by atoms with Gasteiger partial charge < -0.3 is 20.9 Å². The number of aliphatic hydroxyl groups is 1. The van der Waals surface area contributed by atoms with E-state index in [1.165, 1.54) is 6.07 Å². The highest BCUT2D eigenvalue weighted by Crippen LogP contribution is 2.30. The number of ether oxygens (including phenoxy) is 1. The second kappa shape index (κ2) is 5.46. The van der Waals surface area contributed by atoms with E-state index in [1.54, 1.807) is 18.3 Å². The number of nitrogen functional groups attached to an aromatic ring is 1. The molecule has 0 aliphatic carbocycles. The van der Waals surface area contributed by atoms with Crippen LogP contribution in [0.15, 0.2) is 24.4 Å². The first-order valence-corrected chi connectivity index (χ1v) is 6.96. The fourth-order valence-corrected chi connectivity index (χ4v) is 2.59. The van der Waals surface area contributed by atoms with Gasteiger partial charge in [0.05, 0.1) is 16.8 Å². The Labute approximate surface area is 121 Å². The molecule has 0 unspecified atom stereocenters. The normalized spacial score (nSPS) is 17.8. The Kier molecular flexibility index (Phi) is 3.65. The molecule has 21 heavy (non-hydrogen) atoms. The molecule has 0 spiro atoms. The molecule has 6 heteroatoms. The van der Waals surface area contributed by atoms with Gasteiger partial charge in [0.1, 0.15) is 0 Å². The highest BCUT2D eigenvalue weighted by atomic mass is 19.1. The first-order valence-electron chi connectivity index (χ1n) is 6.96. The van der Waals surface area contributed by atoms with Crippen molar-refractivity contribution in [2.24, 2.45) is 0 Å². The summed E-state index contributed by atoms with van der Waals surface area (Å²) in [4.78, 5) is 4.20. The molecule has 1 aliphatic heterocycles. The number of nitrogens with zero attached hydrogens (tertiary/aromatic N) is 1. The van der Waals surface area contributed by atoms with Gasteiger partial charge in [-0.25, -0.2) is 4.39 Å². The van der Waals surface area contributed by atoms with Gasteiger partial charge in [0.15, 0.2) is 5.82 Å². The fourth-order valence-electron chi connectivity index (χ4n) is 2.59. The topological polar surface area (TPSA) is 80.4 Å². The van der Waals surface area contributed by atoms with Crippen LogP contribution in [0.1, 0.15) is 12.8 Å². The molecular weight excluding hydrogens is 273 g/mol. The highest BCUT2D eigenvalue weighted by Gasteiger charge is 2.30. The lowest BCUT2D eigenvalue weighted by atomic mass is 9.94. The Morgan fingerprint density at radius 1 is 1.43 bits per heavy atom. The zero-order valence-electron chi connectivity index (χ0n) is 11.6. The fraction of sp³-hybridized carbons (Fsp3) is 0.400. The lowest BCUT2D eigenvalue weighted by Crippen LogP contribution is -2.42. The lowest BCUT2D eigenvalue weighted by molar-refractivity contribution is -0.0543. The second-order valence-electron chi connectivity index (χ2n) is 5.41. The van der Waals surface area contributed by atoms with Crippen LogP contribution < -0.4 is 11.1 Å². The zero-order chi connectivity index (χ0) is 14.9. The van der Waals surface area contributed by atoms with Crippen molar-refractivity contribution in [3.63, 3.8) is 0 Å². The second-order valence-corrected chi connectivity index (χ2v) is 5.41. The minimum atomic E-state index is -0.882. The van der Waals surface area contributed by atoms with Gasteiger partial charge in [-0.3, -0.25) is 4.98 Å². The van der Waals surface area contributed by atoms with Gasteiger partial charge in [-0.2, -0.15) is 0 Å². The van der Waals surface area contributed by atoms with Crippen LogP contribution in [0, 0.1) is 5.82 Å². The van der Waals surface area contributed by atoms with Crippen molar-refractivity contribution in [3.05, 3.63) is 30.2 Å². The average molecular weight is 291 g/mol. The smallest absolute Gasteiger partial charge is 0.150 e. The Hall–Kier alpha value is -1.92. The summed E-state index contributed by atoms with van der Waals surface area (Å²) >= 11 is 0. The van der Waals surface area contributed by atoms with Gasteiger partial charge >= 0.3 is 0 Å². The minimum absolute atomic E-state index is 0.253. The van der Waals surface area contributed by atoms with Crippen molar-refractivity contribution in [1.82, 2.24) is 4.98 Å². The standard InChI is InChI=1S/C15H18FN3O2/c16-11-8-12(17)10-2-1-5-18-13(10)14(11)19-9-15(20)3-6-21-7-4-15/h1-2,5,8,19-20H,3-4,6-7,9,17H2. The number of nitrogens with one attached hydrogen (secondary N) is 1. The van der Waals surface area contributed by atoms with Crippen molar-refractivity contribution >= 4 is 22.3 Å². The van der Waals surface area contributed by atoms with Crippen LogP contribution in [-0.4, -0.2) is 35.5 Å². The molecular formula is C15H18FN3O2. The largest absolute Gasteiger partial charge is 0.398 e. The summed E-state index contributed by atoms with van der Waals surface area (Å²) in [5.74, 6) is -0.464. The molecule has 4 N–H and O–H groups in total. The summed E-state index contributed by atoms with van der Waals surface area (Å²) < 4.78 is 19.4. The van der Waals surface area contributed by atoms with Gasteiger partial charge in [0.2, 0.25) is 0 Å². The van der Waals surface area contributed by atoms with Crippen molar-refractivity contribution in [1.29, 1.82) is 0 Å². The van der Waals surface area contributed by atoms with Crippen LogP contribution in [0.25, 0.3) is 10.9 Å². The van der Waals surface area contributed by atoms with E-state index in [4.69, 9.17) is 10.5 Å². The van der Waals surface area contributed by atoms with Crippen molar-refractivity contribution in [2.45, 2.75) is 18.4 Å². The SMILES string of the molecule is Nc1cc(F)c(NCC2(O)CCOCC2)c2ncccc12. The molecule has 0 saturated carbocycles. The van der Waals surface area contributed by atoms with Gasteiger partial charge in [0.25, 0.3) is 0 Å². The Morgan fingerprint density at radius 2 is 2.19 bits per heavy atom. The third-order valence-electron chi connectivity index (χ3n) is 3.89. The number of rotatable bonds is 3. The molecule has 0 radical (unpaired) electrons. The molecule has 5 nitrogen and oxygen atoms in total. The predicted molar refractivity (Wildman–Crippen MR) is 79.6 cm³/mol. The number of benzene rings is 1. The number of fused-ring (bicyclic) bond motifs is 1. The number of halogens is 1. The third-order valence-corrected chi connectivity index (χ3v) is 3.89. The van der Waals surface area contributed by atoms with Crippen molar-refractivity contribution in [2.75, 3.05) is 30.8 Å². The van der Waals surface area contributed by atoms with Crippen LogP contribution >= 0.6 is 0 Å². The van der Waals surface area contributed by atoms with E-state index in [-0.39, 0.29) is 12.2 Å². The number of nitrogens with two attached hydrogens (primary N) is 1. The van der Waals surface area contributed by atoms with Gasteiger partial charge in [-0.05, 0) is 18.2 Å². The Bertz CT molecular complexity index is 657. The van der Waals surface area contributed by atoms with Crippen molar-refractivity contribution < 1.29 is 14.2 Å². The summed E-state index contributed by atoms with van der Waals surface area (Å²) in [5, 5.41) is 14.1. The summed E-state index contributed by atoms with van der Waals surface area (Å²) in [7, 11) is 0. The molecule has 0 bridgehead atoms. The molecule has 0 atom stereocenters. The molecule has 1 aliphatic rings. The molecule has 1 aromatic carbocycles. The monoisotopic (exact) mass is 291 g/mol. The molecule has 1 aromatic heterocycles. The Balaban J connectivity index is 1.90. The summed E-state index contributed by atoms with van der Waals surface area (Å²) in [6, 6.07) is 4.83. The first kappa shape index (κ1) is 14.0. The van der Waals surface area contributed by atoms with Gasteiger partial charge in [-0.1, -0.05) is 0 Å². The van der Waals surface area contributed by atoms with E-state index in [0.717, 1.165) is 0 Å². The van der Waals surface area contributed by atoms with E-state index in [0.29, 0.717) is 42.6 Å². The molecule has 3 rings (SSSR count). The van der Waals surface area contributed by atoms with Gasteiger partial charge in [-0.15, -0.1) is 0 Å². The quantitative estimate of drug-likeness (QED) is 0.753. The maximum atomic E-state index is 14.2. The van der Waals surface area contributed by atoms with E-state index < -0.39 is 11.4 Å². The molecule has 2 aromatic rings. The van der Waals surface area contributed by atoms with E-state index in [9.17, 15) is 9.50 Å². The summed E-state index contributed by atoms with van der Waals surface area (Å²) in [5.41, 5.74) is 6.04. The summed E-state index contributed by atoms with van der Waals surface area (Å²) in [6.07, 6.45) is 2.65. The van der Waals surface area contributed by atoms with Crippen LogP contribution in [0.3, 0.4) is 0 Å². The number of hydrogen-bond donors (Lipinski definition) is 3. The van der Waals surface area contributed by atoms with Crippen LogP contribution in [0.2, 0.25) is 0 Å². The Morgan fingerprint density at radius 3 is 2.95 bits per heavy atom. The molecule has 1 fully saturated rings. The van der Waals surface area contributed by atoms with Crippen LogP contribution in [0.5, 0.6) is 0 Å². The zero-order valence-corrected chi connectivity index (χ0v) is 11.6. The number of hydrogen-bond acceptors (Lipinski definition) is 5. The van der Waals surface area contributed by atoms with Crippen LogP contribution in [0.4, 0.5) is 15.8 Å². The summed E-state index contributed by atoms with van der Waals surface area (Å²) in [6.45, 7) is 1.28.